The largest absolute Gasteiger partial charge is 0.490 e. The van der Waals surface area contributed by atoms with Gasteiger partial charge in [0.1, 0.15) is 6.61 Å². The van der Waals surface area contributed by atoms with Crippen LogP contribution >= 0.6 is 0 Å². The molecule has 0 bridgehead atoms. The van der Waals surface area contributed by atoms with E-state index in [1.165, 1.54) is 0 Å². The number of carbonyl (C=O) groups excluding carboxylic acids is 1. The first kappa shape index (κ1) is 15.9. The molecule has 0 spiro atoms. The molecule has 0 atom stereocenters. The monoisotopic (exact) mass is 321 g/mol. The number of amides is 1. The van der Waals surface area contributed by atoms with E-state index >= 15 is 0 Å². The highest BCUT2D eigenvalue weighted by Crippen LogP contribution is 2.34. The van der Waals surface area contributed by atoms with Crippen molar-refractivity contribution < 1.29 is 14.3 Å². The summed E-state index contributed by atoms with van der Waals surface area (Å²) in [6.07, 6.45) is 3.55. The minimum absolute atomic E-state index is 0.0962. The van der Waals surface area contributed by atoms with Crippen LogP contribution in [0.15, 0.2) is 55.1 Å². The fraction of sp³-hybridized carbons (Fsp3) is 0.150. The summed E-state index contributed by atoms with van der Waals surface area (Å²) < 4.78 is 11.2. The molecule has 1 aliphatic heterocycles. The molecule has 0 fully saturated rings. The van der Waals surface area contributed by atoms with Crippen LogP contribution in [0.2, 0.25) is 0 Å². The van der Waals surface area contributed by atoms with E-state index in [-0.39, 0.29) is 5.91 Å². The third-order valence-corrected chi connectivity index (χ3v) is 3.65. The maximum atomic E-state index is 12.2. The van der Waals surface area contributed by atoms with Crippen molar-refractivity contribution in [1.82, 2.24) is 0 Å². The lowest BCUT2D eigenvalue weighted by atomic mass is 10.0. The molecule has 2 aromatic rings. The summed E-state index contributed by atoms with van der Waals surface area (Å²) in [4.78, 5) is 12.2. The van der Waals surface area contributed by atoms with Gasteiger partial charge in [0.05, 0.1) is 6.61 Å². The van der Waals surface area contributed by atoms with E-state index in [1.807, 2.05) is 55.5 Å². The zero-order valence-corrected chi connectivity index (χ0v) is 13.5. The lowest BCUT2D eigenvalue weighted by molar-refractivity contribution is -0.110. The van der Waals surface area contributed by atoms with Crippen molar-refractivity contribution in [3.8, 4) is 11.5 Å². The third-order valence-electron chi connectivity index (χ3n) is 3.65. The molecule has 0 saturated carbocycles. The summed E-state index contributed by atoms with van der Waals surface area (Å²) in [6, 6.07) is 13.3. The van der Waals surface area contributed by atoms with Crippen LogP contribution in [0.1, 0.15) is 18.1 Å². The fourth-order valence-corrected chi connectivity index (χ4v) is 2.60. The molecule has 4 nitrogen and oxygen atoms in total. The van der Waals surface area contributed by atoms with Crippen LogP contribution in [0.3, 0.4) is 0 Å². The Morgan fingerprint density at radius 2 is 1.96 bits per heavy atom. The number of hydrogen-bond donors (Lipinski definition) is 1. The Morgan fingerprint density at radius 3 is 2.75 bits per heavy atom. The van der Waals surface area contributed by atoms with Gasteiger partial charge in [-0.25, -0.2) is 0 Å². The highest BCUT2D eigenvalue weighted by atomic mass is 16.5. The molecule has 1 amide bonds. The molecule has 122 valence electrons. The predicted molar refractivity (Wildman–Crippen MR) is 96.2 cm³/mol. The first-order valence-corrected chi connectivity index (χ1v) is 7.86. The van der Waals surface area contributed by atoms with E-state index in [2.05, 4.69) is 11.9 Å². The minimum atomic E-state index is -0.0962. The van der Waals surface area contributed by atoms with Gasteiger partial charge in [-0.15, -0.1) is 0 Å². The molecular formula is C20H19NO3. The predicted octanol–water partition coefficient (Wildman–Crippen LogP) is 4.14. The second-order valence-corrected chi connectivity index (χ2v) is 5.30. The number of hydrogen-bond acceptors (Lipinski definition) is 3. The summed E-state index contributed by atoms with van der Waals surface area (Å²) >= 11 is 0. The number of rotatable bonds is 6. The molecule has 0 unspecified atom stereocenters. The Bertz CT molecular complexity index is 808. The van der Waals surface area contributed by atoms with Crippen LogP contribution in [-0.2, 0) is 4.79 Å². The van der Waals surface area contributed by atoms with Crippen molar-refractivity contribution in [1.29, 1.82) is 0 Å². The molecule has 2 aromatic carbocycles. The van der Waals surface area contributed by atoms with Gasteiger partial charge in [-0.05, 0) is 36.8 Å². The van der Waals surface area contributed by atoms with Gasteiger partial charge in [0.25, 0.3) is 5.91 Å². The van der Waals surface area contributed by atoms with Crippen LogP contribution in [0, 0.1) is 0 Å². The first-order chi connectivity index (χ1) is 11.7. The van der Waals surface area contributed by atoms with Crippen molar-refractivity contribution in [2.75, 3.05) is 18.5 Å². The number of carbonyl (C=O) groups is 1. The SMILES string of the molecule is C=CCOc1ccc(/C=C2\C(=O)Nc3ccccc32)cc1OCC. The quantitative estimate of drug-likeness (QED) is 0.642. The maximum absolute atomic E-state index is 12.2. The number of benzene rings is 2. The van der Waals surface area contributed by atoms with Crippen LogP contribution in [0.25, 0.3) is 11.6 Å². The van der Waals surface area contributed by atoms with Gasteiger partial charge in [-0.2, -0.15) is 0 Å². The van der Waals surface area contributed by atoms with Gasteiger partial charge in [-0.3, -0.25) is 4.79 Å². The summed E-state index contributed by atoms with van der Waals surface area (Å²) in [5.41, 5.74) is 3.27. The van der Waals surface area contributed by atoms with Crippen molar-refractivity contribution in [2.24, 2.45) is 0 Å². The van der Waals surface area contributed by atoms with E-state index < -0.39 is 0 Å². The summed E-state index contributed by atoms with van der Waals surface area (Å²) in [6.45, 7) is 6.52. The molecule has 1 heterocycles. The van der Waals surface area contributed by atoms with Gasteiger partial charge in [0.2, 0.25) is 0 Å². The van der Waals surface area contributed by atoms with Crippen LogP contribution in [0.5, 0.6) is 11.5 Å². The summed E-state index contributed by atoms with van der Waals surface area (Å²) in [5, 5.41) is 2.87. The molecule has 0 aliphatic carbocycles. The van der Waals surface area contributed by atoms with E-state index in [4.69, 9.17) is 9.47 Å². The van der Waals surface area contributed by atoms with Crippen LogP contribution in [-0.4, -0.2) is 19.1 Å². The van der Waals surface area contributed by atoms with Gasteiger partial charge in [0.15, 0.2) is 11.5 Å². The van der Waals surface area contributed by atoms with Crippen molar-refractivity contribution in [3.63, 3.8) is 0 Å². The average molecular weight is 321 g/mol. The molecule has 1 aliphatic rings. The molecule has 24 heavy (non-hydrogen) atoms. The van der Waals surface area contributed by atoms with Crippen molar-refractivity contribution in [3.05, 3.63) is 66.2 Å². The lowest BCUT2D eigenvalue weighted by Crippen LogP contribution is -2.03. The zero-order chi connectivity index (χ0) is 16.9. The Balaban J connectivity index is 1.96. The standard InChI is InChI=1S/C20H19NO3/c1-3-11-24-18-10-9-14(13-19(18)23-4-2)12-16-15-7-5-6-8-17(15)21-20(16)22/h3,5-10,12-13H,1,4,11H2,2H3,(H,21,22)/b16-12-. The van der Waals surface area contributed by atoms with Gasteiger partial charge in [0, 0.05) is 16.8 Å². The second-order valence-electron chi connectivity index (χ2n) is 5.30. The number of ether oxygens (including phenoxy) is 2. The Kier molecular flexibility index (Phi) is 4.66. The summed E-state index contributed by atoms with van der Waals surface area (Å²) in [7, 11) is 0. The van der Waals surface area contributed by atoms with Gasteiger partial charge >= 0.3 is 0 Å². The highest BCUT2D eigenvalue weighted by Gasteiger charge is 2.23. The molecule has 4 heteroatoms. The zero-order valence-electron chi connectivity index (χ0n) is 13.5. The number of fused-ring (bicyclic) bond motifs is 1. The normalized spacial score (nSPS) is 14.2. The number of anilines is 1. The third kappa shape index (κ3) is 3.18. The van der Waals surface area contributed by atoms with Crippen molar-refractivity contribution >= 4 is 23.2 Å². The summed E-state index contributed by atoms with van der Waals surface area (Å²) in [5.74, 6) is 1.22. The van der Waals surface area contributed by atoms with E-state index in [0.29, 0.717) is 30.3 Å². The fourth-order valence-electron chi connectivity index (χ4n) is 2.60. The first-order valence-electron chi connectivity index (χ1n) is 7.86. The average Bonchev–Trinajstić information content (AvgIpc) is 2.90. The Labute approximate surface area is 141 Å². The molecular weight excluding hydrogens is 302 g/mol. The van der Waals surface area contributed by atoms with Gasteiger partial charge in [-0.1, -0.05) is 36.9 Å². The number of para-hydroxylation sites is 1. The lowest BCUT2D eigenvalue weighted by Gasteiger charge is -2.11. The van der Waals surface area contributed by atoms with E-state index in [1.54, 1.807) is 6.08 Å². The molecule has 0 saturated heterocycles. The van der Waals surface area contributed by atoms with Crippen molar-refractivity contribution in [2.45, 2.75) is 6.92 Å². The van der Waals surface area contributed by atoms with E-state index in [9.17, 15) is 4.79 Å². The molecule has 1 N–H and O–H groups in total. The Morgan fingerprint density at radius 1 is 1.12 bits per heavy atom. The van der Waals surface area contributed by atoms with Crippen LogP contribution in [0.4, 0.5) is 5.69 Å². The second kappa shape index (κ2) is 7.04. The molecule has 0 aromatic heterocycles. The maximum Gasteiger partial charge on any atom is 0.256 e. The smallest absolute Gasteiger partial charge is 0.256 e. The molecule has 0 radical (unpaired) electrons. The Hall–Kier alpha value is -3.01. The molecule has 3 rings (SSSR count). The topological polar surface area (TPSA) is 47.6 Å². The van der Waals surface area contributed by atoms with Crippen LogP contribution < -0.4 is 14.8 Å². The van der Waals surface area contributed by atoms with Gasteiger partial charge < -0.3 is 14.8 Å². The highest BCUT2D eigenvalue weighted by molar-refractivity contribution is 6.34. The number of nitrogens with one attached hydrogen (secondary N) is 1. The van der Waals surface area contributed by atoms with E-state index in [0.717, 1.165) is 16.8 Å². The minimum Gasteiger partial charge on any atom is -0.490 e.